The second kappa shape index (κ2) is 5.67. The molecule has 0 fully saturated rings. The van der Waals surface area contributed by atoms with E-state index < -0.39 is 22.4 Å². The van der Waals surface area contributed by atoms with E-state index in [2.05, 4.69) is 5.10 Å². The van der Waals surface area contributed by atoms with Gasteiger partial charge in [0.05, 0.1) is 10.6 Å². The first kappa shape index (κ1) is 14.6. The van der Waals surface area contributed by atoms with Gasteiger partial charge in [-0.1, -0.05) is 0 Å². The van der Waals surface area contributed by atoms with Crippen molar-refractivity contribution in [2.75, 3.05) is 6.61 Å². The minimum Gasteiger partial charge on any atom is -0.476 e. The second-order valence-corrected chi connectivity index (χ2v) is 4.12. The van der Waals surface area contributed by atoms with E-state index in [1.165, 1.54) is 12.3 Å². The molecule has 0 radical (unpaired) electrons. The highest BCUT2D eigenvalue weighted by Crippen LogP contribution is 2.21. The first-order chi connectivity index (χ1) is 9.93. The number of aromatic nitrogens is 2. The molecule has 0 saturated carbocycles. The highest BCUT2D eigenvalue weighted by molar-refractivity contribution is 5.87. The Kier molecular flexibility index (Phi) is 3.94. The largest absolute Gasteiger partial charge is 0.476 e. The molecule has 1 aromatic heterocycles. The highest BCUT2D eigenvalue weighted by Gasteiger charge is 2.19. The first-order valence-corrected chi connectivity index (χ1v) is 5.81. The molecule has 0 unspecified atom stereocenters. The third-order valence-electron chi connectivity index (χ3n) is 2.76. The third-order valence-corrected chi connectivity index (χ3v) is 2.76. The molecule has 1 heterocycles. The van der Waals surface area contributed by atoms with Crippen LogP contribution >= 0.6 is 0 Å². The number of aliphatic hydroxyl groups excluding tert-OH is 1. The lowest BCUT2D eigenvalue weighted by Crippen LogP contribution is -2.04. The summed E-state index contributed by atoms with van der Waals surface area (Å²) in [4.78, 5) is 20.9. The quantitative estimate of drug-likeness (QED) is 0.631. The Morgan fingerprint density at radius 3 is 2.76 bits per heavy atom. The normalized spacial score (nSPS) is 10.6. The number of nitro benzene ring substituents is 1. The van der Waals surface area contributed by atoms with Crippen LogP contribution in [0, 0.1) is 15.9 Å². The number of rotatable bonds is 5. The minimum absolute atomic E-state index is 0.0743. The minimum atomic E-state index is -1.28. The average molecular weight is 295 g/mol. The summed E-state index contributed by atoms with van der Waals surface area (Å²) in [5.41, 5.74) is -0.577. The molecule has 0 aliphatic carbocycles. The maximum Gasteiger partial charge on any atom is 0.356 e. The molecule has 110 valence electrons. The molecule has 0 bridgehead atoms. The lowest BCUT2D eigenvalue weighted by molar-refractivity contribution is -0.387. The molecular formula is C12H10FN3O5. The Balaban J connectivity index is 2.52. The van der Waals surface area contributed by atoms with Crippen LogP contribution in [0.15, 0.2) is 24.4 Å². The van der Waals surface area contributed by atoms with Crippen LogP contribution in [0.4, 0.5) is 10.1 Å². The molecule has 9 heteroatoms. The molecule has 0 aliphatic heterocycles. The lowest BCUT2D eigenvalue weighted by atomic mass is 10.2. The molecular weight excluding hydrogens is 285 g/mol. The highest BCUT2D eigenvalue weighted by atomic mass is 19.1. The fourth-order valence-corrected chi connectivity index (χ4v) is 1.81. The van der Waals surface area contributed by atoms with Crippen LogP contribution in [-0.4, -0.2) is 37.5 Å². The number of carboxylic acid groups (broad SMARTS) is 1. The summed E-state index contributed by atoms with van der Waals surface area (Å²) in [7, 11) is 0. The summed E-state index contributed by atoms with van der Waals surface area (Å²) in [6, 6.07) is 3.10. The van der Waals surface area contributed by atoms with Gasteiger partial charge in [0.2, 0.25) is 5.82 Å². The Morgan fingerprint density at radius 1 is 1.48 bits per heavy atom. The molecule has 2 N–H and O–H groups in total. The summed E-state index contributed by atoms with van der Waals surface area (Å²) in [6.45, 7) is -0.268. The van der Waals surface area contributed by atoms with Gasteiger partial charge in [-0.3, -0.25) is 10.1 Å². The van der Waals surface area contributed by atoms with Crippen LogP contribution in [0.2, 0.25) is 0 Å². The first-order valence-electron chi connectivity index (χ1n) is 5.81. The second-order valence-electron chi connectivity index (χ2n) is 4.12. The van der Waals surface area contributed by atoms with Crippen LogP contribution in [0.3, 0.4) is 0 Å². The van der Waals surface area contributed by atoms with Crippen LogP contribution in [0.25, 0.3) is 5.69 Å². The molecule has 2 aromatic rings. The van der Waals surface area contributed by atoms with E-state index in [1.807, 2.05) is 0 Å². The van der Waals surface area contributed by atoms with Crippen molar-refractivity contribution < 1.29 is 24.3 Å². The van der Waals surface area contributed by atoms with E-state index in [1.54, 1.807) is 0 Å². The fraction of sp³-hybridized carbons (Fsp3) is 0.167. The van der Waals surface area contributed by atoms with Crippen molar-refractivity contribution in [1.82, 2.24) is 9.78 Å². The van der Waals surface area contributed by atoms with Crippen molar-refractivity contribution in [3.63, 3.8) is 0 Å². The molecule has 1 aromatic carbocycles. The Hall–Kier alpha value is -2.81. The van der Waals surface area contributed by atoms with E-state index in [-0.39, 0.29) is 30.0 Å². The van der Waals surface area contributed by atoms with Gasteiger partial charge in [-0.25, -0.2) is 9.48 Å². The summed E-state index contributed by atoms with van der Waals surface area (Å²) in [6.07, 6.45) is 1.40. The Bertz CT molecular complexity index is 713. The van der Waals surface area contributed by atoms with E-state index in [0.29, 0.717) is 0 Å². The van der Waals surface area contributed by atoms with Gasteiger partial charge in [-0.05, 0) is 18.6 Å². The number of halogens is 1. The van der Waals surface area contributed by atoms with Gasteiger partial charge in [-0.15, -0.1) is 0 Å². The number of hydrogen-bond acceptors (Lipinski definition) is 5. The molecule has 21 heavy (non-hydrogen) atoms. The smallest absolute Gasteiger partial charge is 0.356 e. The zero-order valence-corrected chi connectivity index (χ0v) is 10.6. The van der Waals surface area contributed by atoms with E-state index in [0.717, 1.165) is 16.8 Å². The maximum absolute atomic E-state index is 13.3. The number of benzene rings is 1. The van der Waals surface area contributed by atoms with Crippen LogP contribution in [0.1, 0.15) is 16.1 Å². The number of aromatic carboxylic acids is 1. The molecule has 0 amide bonds. The SMILES string of the molecule is O=C(O)c1nn(-c2ccc(F)c([N+](=O)[O-])c2)cc1CCO. The monoisotopic (exact) mass is 295 g/mol. The average Bonchev–Trinajstić information content (AvgIpc) is 2.83. The van der Waals surface area contributed by atoms with Gasteiger partial charge in [0.15, 0.2) is 5.69 Å². The molecule has 0 saturated heterocycles. The number of carbonyl (C=O) groups is 1. The summed E-state index contributed by atoms with van der Waals surface area (Å²) < 4.78 is 14.4. The topological polar surface area (TPSA) is 118 Å². The van der Waals surface area contributed by atoms with Crippen molar-refractivity contribution in [3.8, 4) is 5.69 Å². The Labute approximate surface area is 117 Å². The van der Waals surface area contributed by atoms with Gasteiger partial charge in [0.25, 0.3) is 0 Å². The summed E-state index contributed by atoms with van der Waals surface area (Å²) in [5, 5.41) is 32.4. The summed E-state index contributed by atoms with van der Waals surface area (Å²) in [5.74, 6) is -2.28. The molecule has 0 atom stereocenters. The number of nitrogens with zero attached hydrogens (tertiary/aromatic N) is 3. The van der Waals surface area contributed by atoms with Crippen molar-refractivity contribution >= 4 is 11.7 Å². The zero-order chi connectivity index (χ0) is 15.6. The fourth-order valence-electron chi connectivity index (χ4n) is 1.81. The zero-order valence-electron chi connectivity index (χ0n) is 10.6. The van der Waals surface area contributed by atoms with Gasteiger partial charge >= 0.3 is 11.7 Å². The van der Waals surface area contributed by atoms with Crippen molar-refractivity contribution in [3.05, 3.63) is 51.6 Å². The molecule has 0 aliphatic rings. The van der Waals surface area contributed by atoms with Crippen LogP contribution in [0.5, 0.6) is 0 Å². The number of aliphatic hydroxyl groups is 1. The number of nitro groups is 1. The third kappa shape index (κ3) is 2.87. The standard InChI is InChI=1S/C12H10FN3O5/c13-9-2-1-8(5-10(9)16(20)21)15-6-7(3-4-17)11(14-15)12(18)19/h1-2,5-6,17H,3-4H2,(H,18,19). The van der Waals surface area contributed by atoms with Gasteiger partial charge in [0.1, 0.15) is 0 Å². The molecule has 2 rings (SSSR count). The van der Waals surface area contributed by atoms with Gasteiger partial charge < -0.3 is 10.2 Å². The van der Waals surface area contributed by atoms with Crippen molar-refractivity contribution in [2.24, 2.45) is 0 Å². The number of carboxylic acids is 1. The molecule has 8 nitrogen and oxygen atoms in total. The predicted octanol–water partition coefficient (Wildman–Crippen LogP) is 1.15. The van der Waals surface area contributed by atoms with Crippen LogP contribution < -0.4 is 0 Å². The molecule has 0 spiro atoms. The van der Waals surface area contributed by atoms with Crippen molar-refractivity contribution in [2.45, 2.75) is 6.42 Å². The Morgan fingerprint density at radius 2 is 2.19 bits per heavy atom. The lowest BCUT2D eigenvalue weighted by Gasteiger charge is -2.01. The van der Waals surface area contributed by atoms with Gasteiger partial charge in [-0.2, -0.15) is 9.49 Å². The summed E-state index contributed by atoms with van der Waals surface area (Å²) >= 11 is 0. The van der Waals surface area contributed by atoms with Gasteiger partial charge in [0, 0.05) is 24.4 Å². The van der Waals surface area contributed by atoms with Crippen LogP contribution in [-0.2, 0) is 6.42 Å². The maximum atomic E-state index is 13.3. The van der Waals surface area contributed by atoms with E-state index in [9.17, 15) is 19.3 Å². The predicted molar refractivity (Wildman–Crippen MR) is 67.9 cm³/mol. The number of hydrogen-bond donors (Lipinski definition) is 2. The van der Waals surface area contributed by atoms with E-state index >= 15 is 0 Å². The van der Waals surface area contributed by atoms with E-state index in [4.69, 9.17) is 10.2 Å². The van der Waals surface area contributed by atoms with Crippen molar-refractivity contribution in [1.29, 1.82) is 0 Å².